The maximum absolute atomic E-state index is 3.90. The van der Waals surface area contributed by atoms with E-state index in [1.807, 2.05) is 39.8 Å². The Bertz CT molecular complexity index is 570. The van der Waals surface area contributed by atoms with Gasteiger partial charge in [0.25, 0.3) is 0 Å². The summed E-state index contributed by atoms with van der Waals surface area (Å²) < 4.78 is 3.35. The van der Waals surface area contributed by atoms with Gasteiger partial charge in [-0.15, -0.1) is 0 Å². The first-order chi connectivity index (χ1) is 15.4. The zero-order valence-electron chi connectivity index (χ0n) is 22.4. The highest BCUT2D eigenvalue weighted by molar-refractivity contribution is 8.01. The van der Waals surface area contributed by atoms with Gasteiger partial charge in [-0.25, -0.2) is 0 Å². The summed E-state index contributed by atoms with van der Waals surface area (Å²) in [7, 11) is 0. The van der Waals surface area contributed by atoms with Crippen LogP contribution in [-0.2, 0) is 0 Å². The van der Waals surface area contributed by atoms with E-state index in [1.54, 1.807) is 18.0 Å². The third-order valence-corrected chi connectivity index (χ3v) is 5.14. The normalized spacial score (nSPS) is 11.9. The molecule has 1 nitrogen and oxygen atoms in total. The van der Waals surface area contributed by atoms with Crippen LogP contribution in [0.25, 0.3) is 0 Å². The van der Waals surface area contributed by atoms with Crippen LogP contribution in [0.15, 0.2) is 83.9 Å². The molecular weight excluding hydrogens is 406 g/mol. The van der Waals surface area contributed by atoms with Gasteiger partial charge < -0.3 is 0 Å². The summed E-state index contributed by atoms with van der Waals surface area (Å²) in [6.07, 6.45) is 25.0. The molecule has 0 saturated heterocycles. The smallest absolute Gasteiger partial charge is 0.0313 e. The van der Waals surface area contributed by atoms with Crippen molar-refractivity contribution in [2.24, 2.45) is 0 Å². The highest BCUT2D eigenvalue weighted by Gasteiger charge is 1.96. The molecular formula is C30H53NS. The predicted octanol–water partition coefficient (Wildman–Crippen LogP) is 10.7. The van der Waals surface area contributed by atoms with Gasteiger partial charge in [0.05, 0.1) is 0 Å². The van der Waals surface area contributed by atoms with Crippen LogP contribution in [0, 0.1) is 0 Å². The van der Waals surface area contributed by atoms with Crippen LogP contribution in [0.3, 0.4) is 0 Å². The third-order valence-electron chi connectivity index (χ3n) is 4.33. The number of rotatable bonds is 16. The van der Waals surface area contributed by atoms with Gasteiger partial charge in [-0.3, -0.25) is 4.72 Å². The van der Waals surface area contributed by atoms with Crippen LogP contribution in [0.1, 0.15) is 99.8 Å². The van der Waals surface area contributed by atoms with E-state index < -0.39 is 0 Å². The third kappa shape index (κ3) is 28.5. The highest BCUT2D eigenvalue weighted by atomic mass is 32.2. The Morgan fingerprint density at radius 1 is 0.938 bits per heavy atom. The second-order valence-electron chi connectivity index (χ2n) is 7.52. The maximum Gasteiger partial charge on any atom is 0.0313 e. The van der Waals surface area contributed by atoms with Crippen LogP contribution < -0.4 is 4.72 Å². The number of unbranched alkanes of at least 4 members (excludes halogenated alkanes) is 6. The standard InChI is InChI=1S/C19H27NS.C9H20.C2H6/c1-7-11-18(13-10-12-16(4)5)15-20-21-19(9-3)14-17(6)8-2;1-3-5-7-9-8-6-4-2;1-2/h7-11,13-14,20H,1,3-4,12,15H2,2,5-6H3;3-9H2,1-2H3;1-2H3/b13-10-,17-8-,18-11+,19-14+;;. The van der Waals surface area contributed by atoms with E-state index in [4.69, 9.17) is 0 Å². The van der Waals surface area contributed by atoms with Gasteiger partial charge in [-0.2, -0.15) is 0 Å². The first kappa shape index (κ1) is 35.1. The second kappa shape index (κ2) is 29.5. The summed E-state index contributed by atoms with van der Waals surface area (Å²) >= 11 is 1.58. The Hall–Kier alpha value is -1.51. The summed E-state index contributed by atoms with van der Waals surface area (Å²) in [5.41, 5.74) is 3.57. The molecule has 0 atom stereocenters. The quantitative estimate of drug-likeness (QED) is 0.107. The number of allylic oxidation sites excluding steroid dienone is 8. The lowest BCUT2D eigenvalue weighted by Crippen LogP contribution is -2.07. The van der Waals surface area contributed by atoms with Crippen molar-refractivity contribution < 1.29 is 0 Å². The molecule has 0 bridgehead atoms. The highest BCUT2D eigenvalue weighted by Crippen LogP contribution is 2.16. The zero-order chi connectivity index (χ0) is 25.0. The van der Waals surface area contributed by atoms with Gasteiger partial charge >= 0.3 is 0 Å². The fourth-order valence-corrected chi connectivity index (χ4v) is 3.14. The molecule has 0 heterocycles. The fourth-order valence-electron chi connectivity index (χ4n) is 2.41. The molecule has 0 aliphatic carbocycles. The first-order valence-electron chi connectivity index (χ1n) is 12.4. The SMILES string of the molecule is C=C/C=C(\C=C/CC(=C)C)CNS/C(C=C)=C/C(C)=C\C.CC.CCCCCCCCC. The second-order valence-corrected chi connectivity index (χ2v) is 8.48. The van der Waals surface area contributed by atoms with E-state index in [9.17, 15) is 0 Å². The first-order valence-corrected chi connectivity index (χ1v) is 13.3. The van der Waals surface area contributed by atoms with Crippen molar-refractivity contribution in [3.63, 3.8) is 0 Å². The number of nitrogens with one attached hydrogen (secondary N) is 1. The number of hydrogen-bond donors (Lipinski definition) is 1. The Balaban J connectivity index is -0.000000638. The van der Waals surface area contributed by atoms with Gasteiger partial charge in [0.15, 0.2) is 0 Å². The van der Waals surface area contributed by atoms with E-state index in [0.29, 0.717) is 0 Å². The summed E-state index contributed by atoms with van der Waals surface area (Å²) in [5.74, 6) is 0. The monoisotopic (exact) mass is 459 g/mol. The minimum Gasteiger partial charge on any atom is -0.255 e. The Kier molecular flexibility index (Phi) is 32.3. The molecule has 0 aliphatic heterocycles. The average Bonchev–Trinajstić information content (AvgIpc) is 2.79. The van der Waals surface area contributed by atoms with E-state index in [0.717, 1.165) is 23.4 Å². The Labute approximate surface area is 206 Å². The van der Waals surface area contributed by atoms with Crippen molar-refractivity contribution in [1.82, 2.24) is 4.72 Å². The molecule has 0 unspecified atom stereocenters. The van der Waals surface area contributed by atoms with Crippen molar-refractivity contribution in [2.75, 3.05) is 6.54 Å². The van der Waals surface area contributed by atoms with E-state index in [2.05, 4.69) is 69.5 Å². The minimum atomic E-state index is 0.767. The largest absolute Gasteiger partial charge is 0.255 e. The molecule has 0 saturated carbocycles. The van der Waals surface area contributed by atoms with Gasteiger partial charge in [0, 0.05) is 11.4 Å². The van der Waals surface area contributed by atoms with Crippen LogP contribution in [0.2, 0.25) is 0 Å². The predicted molar refractivity (Wildman–Crippen MR) is 155 cm³/mol. The van der Waals surface area contributed by atoms with E-state index in [-0.39, 0.29) is 0 Å². The van der Waals surface area contributed by atoms with E-state index in [1.165, 1.54) is 56.1 Å². The van der Waals surface area contributed by atoms with Gasteiger partial charge in [0.2, 0.25) is 0 Å². The van der Waals surface area contributed by atoms with Gasteiger partial charge in [-0.05, 0) is 50.8 Å². The van der Waals surface area contributed by atoms with Crippen molar-refractivity contribution in [3.8, 4) is 0 Å². The molecule has 0 amide bonds. The molecule has 0 aliphatic rings. The summed E-state index contributed by atoms with van der Waals surface area (Å²) in [6.45, 7) is 26.9. The van der Waals surface area contributed by atoms with Crippen LogP contribution in [0.4, 0.5) is 0 Å². The molecule has 0 radical (unpaired) electrons. The fraction of sp³-hybridized carbons (Fsp3) is 0.533. The summed E-state index contributed by atoms with van der Waals surface area (Å²) in [6, 6.07) is 0. The topological polar surface area (TPSA) is 12.0 Å². The molecule has 0 rings (SSSR count). The van der Waals surface area contributed by atoms with Crippen LogP contribution in [0.5, 0.6) is 0 Å². The lowest BCUT2D eigenvalue weighted by Gasteiger charge is -2.06. The van der Waals surface area contributed by atoms with Gasteiger partial charge in [-0.1, -0.05) is 140 Å². The molecule has 0 aromatic carbocycles. The molecule has 0 aromatic rings. The summed E-state index contributed by atoms with van der Waals surface area (Å²) in [5, 5.41) is 0. The average molecular weight is 460 g/mol. The molecule has 184 valence electrons. The van der Waals surface area contributed by atoms with Crippen molar-refractivity contribution >= 4 is 11.9 Å². The lowest BCUT2D eigenvalue weighted by molar-refractivity contribution is 0.602. The molecule has 32 heavy (non-hydrogen) atoms. The van der Waals surface area contributed by atoms with Crippen LogP contribution >= 0.6 is 11.9 Å². The lowest BCUT2D eigenvalue weighted by atomic mass is 10.1. The Morgan fingerprint density at radius 2 is 1.50 bits per heavy atom. The zero-order valence-corrected chi connectivity index (χ0v) is 23.3. The van der Waals surface area contributed by atoms with Crippen LogP contribution in [-0.4, -0.2) is 6.54 Å². The molecule has 0 fully saturated rings. The minimum absolute atomic E-state index is 0.767. The molecule has 0 aromatic heterocycles. The molecule has 2 heteroatoms. The summed E-state index contributed by atoms with van der Waals surface area (Å²) in [4.78, 5) is 1.11. The Morgan fingerprint density at radius 3 is 1.94 bits per heavy atom. The van der Waals surface area contributed by atoms with Gasteiger partial charge in [0.1, 0.15) is 0 Å². The van der Waals surface area contributed by atoms with E-state index >= 15 is 0 Å². The number of hydrogen-bond acceptors (Lipinski definition) is 2. The maximum atomic E-state index is 3.90. The van der Waals surface area contributed by atoms with Crippen molar-refractivity contribution in [3.05, 3.63) is 83.9 Å². The van der Waals surface area contributed by atoms with Crippen molar-refractivity contribution in [2.45, 2.75) is 99.8 Å². The van der Waals surface area contributed by atoms with Crippen molar-refractivity contribution in [1.29, 1.82) is 0 Å². The molecule has 0 spiro atoms. The molecule has 1 N–H and O–H groups in total.